The normalized spacial score (nSPS) is 27.5. The highest BCUT2D eigenvalue weighted by atomic mass is 35.5. The number of nitrogens with zero attached hydrogens (tertiary/aromatic N) is 3. The highest BCUT2D eigenvalue weighted by Crippen LogP contribution is 2.48. The van der Waals surface area contributed by atoms with E-state index in [1.54, 1.807) is 17.8 Å². The Morgan fingerprint density at radius 2 is 2.34 bits per heavy atom. The molecule has 0 aliphatic carbocycles. The topological polar surface area (TPSA) is 103 Å². The summed E-state index contributed by atoms with van der Waals surface area (Å²) in [5.74, 6) is 0.275. The van der Waals surface area contributed by atoms with Crippen molar-refractivity contribution in [3.63, 3.8) is 0 Å². The van der Waals surface area contributed by atoms with E-state index in [1.807, 2.05) is 10.3 Å². The van der Waals surface area contributed by atoms with Crippen LogP contribution in [-0.4, -0.2) is 53.1 Å². The van der Waals surface area contributed by atoms with E-state index in [4.69, 9.17) is 22.3 Å². The summed E-state index contributed by atoms with van der Waals surface area (Å²) >= 11 is 8.08. The quantitative estimate of drug-likeness (QED) is 0.204. The van der Waals surface area contributed by atoms with E-state index in [-0.39, 0.29) is 28.9 Å². The number of nitrogens with two attached hydrogens (primary N) is 1. The predicted octanol–water partition coefficient (Wildman–Crippen LogP) is 4.30. The van der Waals surface area contributed by atoms with E-state index in [0.29, 0.717) is 17.7 Å². The first-order valence-electron chi connectivity index (χ1n) is 11.1. The van der Waals surface area contributed by atoms with Gasteiger partial charge >= 0.3 is 0 Å². The molecule has 0 radical (unpaired) electrons. The Kier molecular flexibility index (Phi) is 7.75. The molecule has 0 spiro atoms. The van der Waals surface area contributed by atoms with Gasteiger partial charge < -0.3 is 20.6 Å². The second-order valence-electron chi connectivity index (χ2n) is 8.72. The van der Waals surface area contributed by atoms with E-state index in [2.05, 4.69) is 16.5 Å². The maximum absolute atomic E-state index is 13.9. The summed E-state index contributed by atoms with van der Waals surface area (Å²) < 4.78 is 27.1. The minimum Gasteiger partial charge on any atom is -0.398 e. The molecule has 1 aromatic carbocycles. The molecule has 1 aromatic rings. The fraction of sp³-hybridized carbons (Fsp3) is 0.375. The summed E-state index contributed by atoms with van der Waals surface area (Å²) in [5, 5.41) is 11.6. The predicted molar refractivity (Wildman–Crippen MR) is 135 cm³/mol. The maximum atomic E-state index is 13.9. The largest absolute Gasteiger partial charge is 0.398 e. The standard InChI is InChI=1S/C24H26ClF2N5O2S/c1-14(26)29-7-6-18(28)21-19-10-24(13-33,11-30-34)12-32(19)23(20-3-2-8-35-20)31-22(21)16-5-4-15(27)9-17(16)25/h2,4-9,13-14,20,22,30,34H,3,10-12,28H2,1H3/b18-6-,29-7+/t14?,20?,22-,24+/m0/s1. The van der Waals surface area contributed by atoms with Crippen LogP contribution in [0.1, 0.15) is 31.4 Å². The molecule has 0 amide bonds. The Labute approximate surface area is 211 Å². The molecule has 7 nitrogen and oxygen atoms in total. The smallest absolute Gasteiger partial charge is 0.187 e. The fourth-order valence-electron chi connectivity index (χ4n) is 4.59. The first-order chi connectivity index (χ1) is 16.8. The maximum Gasteiger partial charge on any atom is 0.187 e. The molecular formula is C24H26ClF2N5O2S. The zero-order valence-electron chi connectivity index (χ0n) is 19.0. The van der Waals surface area contributed by atoms with Crippen molar-refractivity contribution >= 4 is 41.7 Å². The lowest BCUT2D eigenvalue weighted by Crippen LogP contribution is -2.42. The zero-order valence-corrected chi connectivity index (χ0v) is 20.6. The van der Waals surface area contributed by atoms with Crippen LogP contribution in [0.25, 0.3) is 0 Å². The van der Waals surface area contributed by atoms with Crippen molar-refractivity contribution in [1.29, 1.82) is 0 Å². The molecule has 0 saturated carbocycles. The van der Waals surface area contributed by atoms with E-state index < -0.39 is 23.6 Å². The van der Waals surface area contributed by atoms with Gasteiger partial charge in [-0.2, -0.15) is 0 Å². The Balaban J connectivity index is 1.91. The number of aldehydes is 1. The fourth-order valence-corrected chi connectivity index (χ4v) is 5.80. The third kappa shape index (κ3) is 5.20. The Morgan fingerprint density at radius 1 is 1.54 bits per heavy atom. The van der Waals surface area contributed by atoms with Crippen LogP contribution in [0.2, 0.25) is 5.02 Å². The molecule has 4 N–H and O–H groups in total. The molecule has 35 heavy (non-hydrogen) atoms. The zero-order chi connectivity index (χ0) is 25.2. The number of fused-ring (bicyclic) bond motifs is 1. The number of thioether (sulfide) groups is 1. The highest BCUT2D eigenvalue weighted by Gasteiger charge is 2.48. The van der Waals surface area contributed by atoms with Crippen LogP contribution in [0.4, 0.5) is 8.78 Å². The highest BCUT2D eigenvalue weighted by molar-refractivity contribution is 8.03. The summed E-state index contributed by atoms with van der Waals surface area (Å²) in [7, 11) is 0. The molecule has 4 rings (SSSR count). The van der Waals surface area contributed by atoms with Crippen LogP contribution >= 0.6 is 23.4 Å². The molecule has 4 atom stereocenters. The molecule has 186 valence electrons. The van der Waals surface area contributed by atoms with Gasteiger partial charge in [0.15, 0.2) is 6.30 Å². The first kappa shape index (κ1) is 25.6. The van der Waals surface area contributed by atoms with Crippen LogP contribution in [0.3, 0.4) is 0 Å². The van der Waals surface area contributed by atoms with Gasteiger partial charge in [0.25, 0.3) is 0 Å². The average Bonchev–Trinajstić information content (AvgIpc) is 3.47. The van der Waals surface area contributed by atoms with Gasteiger partial charge in [-0.15, -0.1) is 11.8 Å². The van der Waals surface area contributed by atoms with Gasteiger partial charge in [-0.05, 0) is 37.0 Å². The number of benzene rings is 1. The third-order valence-electron chi connectivity index (χ3n) is 6.21. The van der Waals surface area contributed by atoms with Crippen LogP contribution in [0, 0.1) is 11.2 Å². The summed E-state index contributed by atoms with van der Waals surface area (Å²) in [5.41, 5.74) is 9.89. The number of hydrogen-bond acceptors (Lipinski definition) is 8. The molecule has 1 saturated heterocycles. The number of rotatable bonds is 8. The lowest BCUT2D eigenvalue weighted by atomic mass is 9.85. The van der Waals surface area contributed by atoms with Gasteiger partial charge in [-0.1, -0.05) is 23.7 Å². The third-order valence-corrected chi connectivity index (χ3v) is 7.62. The van der Waals surface area contributed by atoms with Gasteiger partial charge in [0.2, 0.25) is 0 Å². The monoisotopic (exact) mass is 521 g/mol. The van der Waals surface area contributed by atoms with Crippen molar-refractivity contribution in [2.75, 3.05) is 13.1 Å². The molecular weight excluding hydrogens is 496 g/mol. The molecule has 1 fully saturated rings. The Bertz CT molecular complexity index is 1140. The van der Waals surface area contributed by atoms with Crippen molar-refractivity contribution in [3.8, 4) is 0 Å². The molecule has 11 heteroatoms. The van der Waals surface area contributed by atoms with Crippen molar-refractivity contribution in [2.45, 2.75) is 37.4 Å². The number of hydroxylamine groups is 1. The van der Waals surface area contributed by atoms with Crippen LogP contribution in [0.5, 0.6) is 0 Å². The summed E-state index contributed by atoms with van der Waals surface area (Å²) in [6.45, 7) is 1.64. The number of alkyl halides is 1. The Morgan fingerprint density at radius 3 is 2.97 bits per heavy atom. The number of allylic oxidation sites excluding steroid dienone is 3. The van der Waals surface area contributed by atoms with Gasteiger partial charge in [-0.25, -0.2) is 14.3 Å². The molecule has 3 heterocycles. The summed E-state index contributed by atoms with van der Waals surface area (Å²) in [4.78, 5) is 23.0. The number of halogens is 3. The Hall–Kier alpha value is -2.53. The second kappa shape index (κ2) is 10.6. The van der Waals surface area contributed by atoms with Gasteiger partial charge in [0.05, 0.1) is 10.7 Å². The summed E-state index contributed by atoms with van der Waals surface area (Å²) in [6.07, 6.45) is 5.30. The van der Waals surface area contributed by atoms with Gasteiger partial charge in [0, 0.05) is 53.3 Å². The molecule has 3 aliphatic rings. The number of nitrogens with one attached hydrogen (secondary N) is 1. The van der Waals surface area contributed by atoms with E-state index >= 15 is 0 Å². The van der Waals surface area contributed by atoms with Gasteiger partial charge in [-0.3, -0.25) is 9.98 Å². The molecule has 0 aromatic heterocycles. The lowest BCUT2D eigenvalue weighted by molar-refractivity contribution is -0.116. The van der Waals surface area contributed by atoms with E-state index in [1.165, 1.54) is 31.3 Å². The first-order valence-corrected chi connectivity index (χ1v) is 12.4. The van der Waals surface area contributed by atoms with Crippen LogP contribution < -0.4 is 11.2 Å². The minimum atomic E-state index is -1.40. The van der Waals surface area contributed by atoms with Crippen molar-refractivity contribution in [2.24, 2.45) is 21.1 Å². The minimum absolute atomic E-state index is 0.0111. The van der Waals surface area contributed by atoms with Crippen LogP contribution in [0.15, 0.2) is 62.7 Å². The number of amidine groups is 1. The second-order valence-corrected chi connectivity index (χ2v) is 10.2. The number of carbonyl (C=O) groups excluding carboxylic acids is 1. The van der Waals surface area contributed by atoms with E-state index in [9.17, 15) is 18.8 Å². The molecule has 0 bridgehead atoms. The molecule has 3 aliphatic heterocycles. The van der Waals surface area contributed by atoms with Gasteiger partial charge in [0.1, 0.15) is 24.0 Å². The summed E-state index contributed by atoms with van der Waals surface area (Å²) in [6, 6.07) is 3.42. The average molecular weight is 522 g/mol. The number of aliphatic imine (C=N–C) groups is 2. The van der Waals surface area contributed by atoms with Crippen molar-refractivity contribution in [1.82, 2.24) is 10.4 Å². The van der Waals surface area contributed by atoms with Crippen molar-refractivity contribution < 1.29 is 18.8 Å². The van der Waals surface area contributed by atoms with Crippen molar-refractivity contribution in [3.05, 3.63) is 69.1 Å². The number of carbonyl (C=O) groups is 1. The molecule has 2 unspecified atom stereocenters. The van der Waals surface area contributed by atoms with Crippen LogP contribution in [-0.2, 0) is 4.79 Å². The number of hydrogen-bond donors (Lipinski definition) is 3. The lowest BCUT2D eigenvalue weighted by Gasteiger charge is -2.36. The SMILES string of the molecule is CC(F)/N=C/C=C(\N)C1=C2C[C@@](C=O)(CNO)CN2C(C2CC=CS2)=N[C@H]1c1ccc(F)cc1Cl. The van der Waals surface area contributed by atoms with E-state index in [0.717, 1.165) is 24.2 Å².